The number of amides is 1. The summed E-state index contributed by atoms with van der Waals surface area (Å²) in [6.45, 7) is 2.59. The third-order valence-electron chi connectivity index (χ3n) is 1.93. The van der Waals surface area contributed by atoms with Gasteiger partial charge in [0.05, 0.1) is 12.9 Å². The van der Waals surface area contributed by atoms with Gasteiger partial charge in [-0.15, -0.1) is 11.8 Å². The number of nitrogens with zero attached hydrogens (tertiary/aromatic N) is 1. The van der Waals surface area contributed by atoms with Crippen molar-refractivity contribution in [2.45, 2.75) is 13.0 Å². The van der Waals surface area contributed by atoms with Gasteiger partial charge < -0.3 is 15.4 Å². The normalized spacial score (nSPS) is 12.0. The minimum atomic E-state index is -0.653. The average molecular weight is 234 g/mol. The standard InChI is InChI=1S/C9H18N2O3S/c1-4-11(2)8(12)6-15-5-7(10)9(13)14-3/h7H,4-6,10H2,1-3H3. The quantitative estimate of drug-likeness (QED) is 0.639. The summed E-state index contributed by atoms with van der Waals surface area (Å²) in [5, 5.41) is 0. The van der Waals surface area contributed by atoms with Crippen LogP contribution < -0.4 is 5.73 Å². The molecule has 0 heterocycles. The SMILES string of the molecule is CCN(C)C(=O)CSCC(N)C(=O)OC. The highest BCUT2D eigenvalue weighted by molar-refractivity contribution is 8.00. The molecule has 0 rings (SSSR count). The summed E-state index contributed by atoms with van der Waals surface area (Å²) < 4.78 is 4.47. The Balaban J connectivity index is 3.70. The Bertz CT molecular complexity index is 223. The first-order chi connectivity index (χ1) is 7.02. The predicted octanol–water partition coefficient (Wildman–Crippen LogP) is -0.302. The molecule has 0 aliphatic carbocycles. The molecular formula is C9H18N2O3S. The van der Waals surface area contributed by atoms with E-state index in [2.05, 4.69) is 4.74 Å². The number of nitrogens with two attached hydrogens (primary N) is 1. The topological polar surface area (TPSA) is 72.6 Å². The van der Waals surface area contributed by atoms with E-state index in [1.54, 1.807) is 11.9 Å². The van der Waals surface area contributed by atoms with E-state index >= 15 is 0 Å². The number of carbonyl (C=O) groups excluding carboxylic acids is 2. The zero-order valence-corrected chi connectivity index (χ0v) is 10.2. The molecule has 1 atom stereocenters. The molecule has 0 saturated carbocycles. The fourth-order valence-electron chi connectivity index (χ4n) is 0.779. The largest absolute Gasteiger partial charge is 0.468 e. The van der Waals surface area contributed by atoms with Gasteiger partial charge in [0.2, 0.25) is 5.91 Å². The molecule has 15 heavy (non-hydrogen) atoms. The van der Waals surface area contributed by atoms with Crippen molar-refractivity contribution in [3.8, 4) is 0 Å². The molecule has 2 N–H and O–H groups in total. The van der Waals surface area contributed by atoms with Crippen LogP contribution >= 0.6 is 11.8 Å². The van der Waals surface area contributed by atoms with Gasteiger partial charge in [0.15, 0.2) is 0 Å². The fraction of sp³-hybridized carbons (Fsp3) is 0.778. The molecule has 0 aromatic carbocycles. The lowest BCUT2D eigenvalue weighted by Crippen LogP contribution is -2.35. The minimum Gasteiger partial charge on any atom is -0.468 e. The molecule has 6 heteroatoms. The van der Waals surface area contributed by atoms with Crippen molar-refractivity contribution in [1.82, 2.24) is 4.90 Å². The lowest BCUT2D eigenvalue weighted by molar-refractivity contribution is -0.141. The van der Waals surface area contributed by atoms with Crippen molar-refractivity contribution in [3.63, 3.8) is 0 Å². The second-order valence-electron chi connectivity index (χ2n) is 3.05. The molecule has 0 aromatic heterocycles. The van der Waals surface area contributed by atoms with Crippen LogP contribution in [0.1, 0.15) is 6.92 Å². The van der Waals surface area contributed by atoms with Crippen LogP contribution in [0, 0.1) is 0 Å². The van der Waals surface area contributed by atoms with Gasteiger partial charge in [-0.3, -0.25) is 9.59 Å². The highest BCUT2D eigenvalue weighted by Crippen LogP contribution is 2.04. The Hall–Kier alpha value is -0.750. The number of esters is 1. The van der Waals surface area contributed by atoms with E-state index in [1.165, 1.54) is 18.9 Å². The summed E-state index contributed by atoms with van der Waals surface area (Å²) in [5.74, 6) is 0.337. The van der Waals surface area contributed by atoms with Crippen LogP contribution in [0.15, 0.2) is 0 Å². The summed E-state index contributed by atoms with van der Waals surface area (Å²) in [6.07, 6.45) is 0. The van der Waals surface area contributed by atoms with E-state index in [4.69, 9.17) is 5.73 Å². The van der Waals surface area contributed by atoms with E-state index in [9.17, 15) is 9.59 Å². The van der Waals surface area contributed by atoms with Crippen LogP contribution in [-0.2, 0) is 14.3 Å². The minimum absolute atomic E-state index is 0.0413. The van der Waals surface area contributed by atoms with Crippen molar-refractivity contribution in [2.75, 3.05) is 32.2 Å². The third kappa shape index (κ3) is 5.64. The first-order valence-electron chi connectivity index (χ1n) is 4.68. The maximum atomic E-state index is 11.3. The van der Waals surface area contributed by atoms with Crippen molar-refractivity contribution >= 4 is 23.6 Å². The molecule has 0 saturated heterocycles. The van der Waals surface area contributed by atoms with Crippen molar-refractivity contribution in [3.05, 3.63) is 0 Å². The van der Waals surface area contributed by atoms with Gasteiger partial charge in [0.25, 0.3) is 0 Å². The monoisotopic (exact) mass is 234 g/mol. The Morgan fingerprint density at radius 1 is 1.53 bits per heavy atom. The number of hydrogen-bond donors (Lipinski definition) is 1. The van der Waals surface area contributed by atoms with Gasteiger partial charge in [0.1, 0.15) is 6.04 Å². The smallest absolute Gasteiger partial charge is 0.323 e. The number of methoxy groups -OCH3 is 1. The Morgan fingerprint density at radius 3 is 2.60 bits per heavy atom. The fourth-order valence-corrected chi connectivity index (χ4v) is 1.68. The van der Waals surface area contributed by atoms with Crippen LogP contribution in [0.2, 0.25) is 0 Å². The number of thioether (sulfide) groups is 1. The maximum Gasteiger partial charge on any atom is 0.323 e. The van der Waals surface area contributed by atoms with Crippen molar-refractivity contribution in [1.29, 1.82) is 0 Å². The Kier molecular flexibility index (Phi) is 7.15. The zero-order valence-electron chi connectivity index (χ0n) is 9.36. The van der Waals surface area contributed by atoms with Gasteiger partial charge >= 0.3 is 5.97 Å². The van der Waals surface area contributed by atoms with Gasteiger partial charge in [-0.25, -0.2) is 0 Å². The lowest BCUT2D eigenvalue weighted by Gasteiger charge is -2.14. The van der Waals surface area contributed by atoms with Crippen LogP contribution in [0.5, 0.6) is 0 Å². The summed E-state index contributed by atoms with van der Waals surface area (Å²) in [7, 11) is 3.03. The molecule has 5 nitrogen and oxygen atoms in total. The molecule has 0 bridgehead atoms. The molecule has 0 fully saturated rings. The first-order valence-corrected chi connectivity index (χ1v) is 5.83. The molecule has 88 valence electrons. The predicted molar refractivity (Wildman–Crippen MR) is 60.6 cm³/mol. The molecule has 0 aromatic rings. The van der Waals surface area contributed by atoms with E-state index in [-0.39, 0.29) is 5.91 Å². The van der Waals surface area contributed by atoms with E-state index in [0.717, 1.165) is 0 Å². The van der Waals surface area contributed by atoms with Crippen LogP contribution in [0.25, 0.3) is 0 Å². The third-order valence-corrected chi connectivity index (χ3v) is 2.97. The molecule has 0 spiro atoms. The zero-order chi connectivity index (χ0) is 11.8. The number of carbonyl (C=O) groups is 2. The van der Waals surface area contributed by atoms with Gasteiger partial charge in [0, 0.05) is 19.3 Å². The van der Waals surface area contributed by atoms with Gasteiger partial charge in [-0.2, -0.15) is 0 Å². The summed E-state index contributed by atoms with van der Waals surface area (Å²) in [4.78, 5) is 23.9. The molecule has 0 aliphatic rings. The van der Waals surface area contributed by atoms with Crippen molar-refractivity contribution in [2.24, 2.45) is 5.73 Å². The maximum absolute atomic E-state index is 11.3. The number of rotatable bonds is 6. The summed E-state index contributed by atoms with van der Waals surface area (Å²) in [6, 6.07) is -0.653. The Morgan fingerprint density at radius 2 is 2.13 bits per heavy atom. The first kappa shape index (κ1) is 14.2. The molecule has 1 unspecified atom stereocenters. The molecule has 0 radical (unpaired) electrons. The lowest BCUT2D eigenvalue weighted by atomic mass is 10.4. The van der Waals surface area contributed by atoms with E-state index in [1.807, 2.05) is 6.92 Å². The van der Waals surface area contributed by atoms with Gasteiger partial charge in [-0.1, -0.05) is 0 Å². The second-order valence-corrected chi connectivity index (χ2v) is 4.08. The van der Waals surface area contributed by atoms with Crippen molar-refractivity contribution < 1.29 is 14.3 Å². The molecule has 0 aliphatic heterocycles. The second kappa shape index (κ2) is 7.53. The van der Waals surface area contributed by atoms with E-state index < -0.39 is 12.0 Å². The summed E-state index contributed by atoms with van der Waals surface area (Å²) in [5.41, 5.74) is 5.50. The Labute approximate surface area is 94.3 Å². The molecule has 1 amide bonds. The highest BCUT2D eigenvalue weighted by Gasteiger charge is 2.14. The average Bonchev–Trinajstić information content (AvgIpc) is 2.26. The summed E-state index contributed by atoms with van der Waals surface area (Å²) >= 11 is 1.34. The van der Waals surface area contributed by atoms with Crippen LogP contribution in [0.4, 0.5) is 0 Å². The highest BCUT2D eigenvalue weighted by atomic mass is 32.2. The molecular weight excluding hydrogens is 216 g/mol. The van der Waals surface area contributed by atoms with Gasteiger partial charge in [-0.05, 0) is 6.92 Å². The number of ether oxygens (including phenoxy) is 1. The van der Waals surface area contributed by atoms with Crippen LogP contribution in [0.3, 0.4) is 0 Å². The number of hydrogen-bond acceptors (Lipinski definition) is 5. The van der Waals surface area contributed by atoms with E-state index in [0.29, 0.717) is 18.1 Å². The van der Waals surface area contributed by atoms with Crippen LogP contribution in [-0.4, -0.2) is 55.0 Å².